The molecule has 284 valence electrons. The molecule has 6 aliphatic heterocycles. The normalized spacial score (nSPS) is 19.0. The van der Waals surface area contributed by atoms with Crippen LogP contribution >= 0.6 is 0 Å². The Balaban J connectivity index is 0.000000223. The molecule has 4 saturated heterocycles. The maximum Gasteiger partial charge on any atom is 0.261 e. The number of likely N-dealkylation sites (N-methyl/N-ethyl adjacent to an activating group) is 1. The van der Waals surface area contributed by atoms with E-state index in [2.05, 4.69) is 0 Å². The number of hydrogen-bond donors (Lipinski definition) is 1. The molecule has 1 N–H and O–H groups in total. The highest BCUT2D eigenvalue weighted by atomic mass is 16.2. The van der Waals surface area contributed by atoms with Crippen molar-refractivity contribution in [3.8, 4) is 0 Å². The van der Waals surface area contributed by atoms with E-state index in [1.807, 2.05) is 5.32 Å². The fourth-order valence-electron chi connectivity index (χ4n) is 4.65. The van der Waals surface area contributed by atoms with Gasteiger partial charge < -0.3 is 0 Å². The number of carbonyl (C=O) groups is 12. The lowest BCUT2D eigenvalue weighted by Crippen LogP contribution is -2.43. The molecular weight excluding hydrogens is 696 g/mol. The number of nitrogens with one attached hydrogen (secondary N) is 1. The zero-order valence-corrected chi connectivity index (χ0v) is 30.2. The predicted molar refractivity (Wildman–Crippen MR) is 182 cm³/mol. The first-order chi connectivity index (χ1) is 24.9. The van der Waals surface area contributed by atoms with Crippen molar-refractivity contribution in [1.82, 2.24) is 29.8 Å². The molecule has 0 unspecified atom stereocenters. The minimum absolute atomic E-state index is 0.0394. The molecule has 12 amide bonds. The monoisotopic (exact) mass is 738 g/mol. The Morgan fingerprint density at radius 3 is 0.962 bits per heavy atom. The van der Waals surface area contributed by atoms with Crippen molar-refractivity contribution in [2.45, 2.75) is 64.2 Å². The molecule has 18 nitrogen and oxygen atoms in total. The van der Waals surface area contributed by atoms with Crippen LogP contribution in [0.1, 0.15) is 84.9 Å². The smallest absolute Gasteiger partial charge is 0.261 e. The molecule has 0 saturated carbocycles. The Bertz CT molecular complexity index is 1610. The summed E-state index contributed by atoms with van der Waals surface area (Å²) in [4.78, 5) is 133. The zero-order chi connectivity index (χ0) is 40.0. The molecule has 4 fully saturated rings. The van der Waals surface area contributed by atoms with Gasteiger partial charge in [0.25, 0.3) is 23.6 Å². The van der Waals surface area contributed by atoms with Crippen molar-refractivity contribution >= 4 is 70.9 Å². The molecule has 53 heavy (non-hydrogen) atoms. The number of benzene rings is 1. The second kappa shape index (κ2) is 20.0. The molecule has 6 heterocycles. The molecule has 0 spiro atoms. The molecular formula is C35H42N6O12. The van der Waals surface area contributed by atoms with Gasteiger partial charge in [0.15, 0.2) is 0 Å². The van der Waals surface area contributed by atoms with Crippen molar-refractivity contribution in [2.24, 2.45) is 0 Å². The number of likely N-dealkylation sites (tertiary alicyclic amines) is 3. The number of hydrogen-bond acceptors (Lipinski definition) is 12. The Labute approximate surface area is 305 Å². The second-order valence-corrected chi connectivity index (χ2v) is 12.0. The van der Waals surface area contributed by atoms with Gasteiger partial charge in [0.2, 0.25) is 47.3 Å². The summed E-state index contributed by atoms with van der Waals surface area (Å²) in [5, 5.41) is 2.03. The van der Waals surface area contributed by atoms with Crippen molar-refractivity contribution < 1.29 is 57.5 Å². The van der Waals surface area contributed by atoms with Gasteiger partial charge in [-0.3, -0.25) is 87.4 Å². The summed E-state index contributed by atoms with van der Waals surface area (Å²) in [5.74, 6) is -1.54. The number of amides is 12. The molecule has 0 radical (unpaired) electrons. The van der Waals surface area contributed by atoms with Gasteiger partial charge in [0, 0.05) is 85.9 Å². The third-order valence-corrected chi connectivity index (χ3v) is 8.24. The highest BCUT2D eigenvalue weighted by Crippen LogP contribution is 2.20. The van der Waals surface area contributed by atoms with Gasteiger partial charge in [0.05, 0.1) is 11.1 Å². The van der Waals surface area contributed by atoms with Gasteiger partial charge >= 0.3 is 0 Å². The molecule has 18 heteroatoms. The summed E-state index contributed by atoms with van der Waals surface area (Å²) in [5.41, 5.74) is 1.01. The molecule has 0 aromatic heterocycles. The summed E-state index contributed by atoms with van der Waals surface area (Å²) in [6.45, 7) is 0. The summed E-state index contributed by atoms with van der Waals surface area (Å²) in [6.07, 6.45) is 7.94. The molecule has 1 aromatic rings. The first kappa shape index (κ1) is 43.0. The van der Waals surface area contributed by atoms with Crippen molar-refractivity contribution in [3.63, 3.8) is 0 Å². The van der Waals surface area contributed by atoms with E-state index >= 15 is 0 Å². The van der Waals surface area contributed by atoms with E-state index in [1.165, 1.54) is 55.0 Å². The van der Waals surface area contributed by atoms with Gasteiger partial charge in [-0.05, 0) is 31.4 Å². The predicted octanol–water partition coefficient (Wildman–Crippen LogP) is -0.0476. The first-order valence-electron chi connectivity index (χ1n) is 16.5. The van der Waals surface area contributed by atoms with E-state index in [1.54, 1.807) is 31.3 Å². The Morgan fingerprint density at radius 2 is 0.717 bits per heavy atom. The van der Waals surface area contributed by atoms with E-state index in [9.17, 15) is 57.5 Å². The van der Waals surface area contributed by atoms with Crippen LogP contribution in [0.4, 0.5) is 0 Å². The number of fused-ring (bicyclic) bond motifs is 1. The van der Waals surface area contributed by atoms with Gasteiger partial charge in [-0.25, -0.2) is 0 Å². The number of β-lactam (4-membered cyclic amide) rings is 2. The largest absolute Gasteiger partial charge is 0.296 e. The standard InChI is InChI=1S/C9H7NO2.C7H11NO2.C6H9NO2.C5H7NO2.C5H5NO2.C3H3NO2/c1-10-8(11)6-4-2-3-5-7(6)9(10)12;1-8-6(9)4-2-3-5-7(8)10;1-7-5(8)3-2-4-6(7)9;2*1-6-4(7)2-3-5(6)8;5-2-1-3(6)4-2/h2-5H,1H3;2-5H2,1H3;2-4H2,1H3;2-3H2,1H3;2-3H,1H3;1H2,(H,4,5,6). The van der Waals surface area contributed by atoms with Crippen LogP contribution in [0.5, 0.6) is 0 Å². The fourth-order valence-corrected chi connectivity index (χ4v) is 4.65. The first-order valence-corrected chi connectivity index (χ1v) is 16.5. The molecule has 0 bridgehead atoms. The molecule has 7 rings (SSSR count). The highest BCUT2D eigenvalue weighted by molar-refractivity contribution is 6.21. The van der Waals surface area contributed by atoms with Crippen LogP contribution in [0, 0.1) is 0 Å². The van der Waals surface area contributed by atoms with Crippen LogP contribution in [0.3, 0.4) is 0 Å². The van der Waals surface area contributed by atoms with E-state index in [-0.39, 0.29) is 77.3 Å². The summed E-state index contributed by atoms with van der Waals surface area (Å²) >= 11 is 0. The lowest BCUT2D eigenvalue weighted by molar-refractivity contribution is -0.146. The Morgan fingerprint density at radius 1 is 0.415 bits per heavy atom. The quantitative estimate of drug-likeness (QED) is 0.210. The SMILES string of the molecule is CN1C(=O)C=CC1=O.CN1C(=O)CCC1=O.CN1C(=O)CCCC1=O.CN1C(=O)CCCCC1=O.CN1C(=O)c2ccccc2C1=O.O=C1CC(=O)N1. The second-order valence-electron chi connectivity index (χ2n) is 12.0. The van der Waals surface area contributed by atoms with E-state index in [0.29, 0.717) is 49.7 Å². The summed E-state index contributed by atoms with van der Waals surface area (Å²) in [7, 11) is 7.53. The summed E-state index contributed by atoms with van der Waals surface area (Å²) < 4.78 is 0. The zero-order valence-electron chi connectivity index (χ0n) is 30.2. The molecule has 0 atom stereocenters. The number of nitrogens with zero attached hydrogens (tertiary/aromatic N) is 5. The lowest BCUT2D eigenvalue weighted by atomic mass is 10.1. The van der Waals surface area contributed by atoms with Crippen LogP contribution in [-0.4, -0.2) is 131 Å². The summed E-state index contributed by atoms with van der Waals surface area (Å²) in [6, 6.07) is 6.84. The van der Waals surface area contributed by atoms with Crippen molar-refractivity contribution in [3.05, 3.63) is 47.5 Å². The molecule has 6 aliphatic rings. The third kappa shape index (κ3) is 12.5. The van der Waals surface area contributed by atoms with Gasteiger partial charge in [-0.2, -0.15) is 0 Å². The molecule has 1 aromatic carbocycles. The van der Waals surface area contributed by atoms with E-state index in [4.69, 9.17) is 0 Å². The average molecular weight is 739 g/mol. The van der Waals surface area contributed by atoms with E-state index < -0.39 is 0 Å². The third-order valence-electron chi connectivity index (χ3n) is 8.24. The van der Waals surface area contributed by atoms with Gasteiger partial charge in [-0.1, -0.05) is 12.1 Å². The van der Waals surface area contributed by atoms with Crippen LogP contribution in [0.15, 0.2) is 36.4 Å². The number of imide groups is 6. The number of rotatable bonds is 0. The lowest BCUT2D eigenvalue weighted by Gasteiger charge is -2.19. The molecule has 0 aliphatic carbocycles. The Hall–Kier alpha value is -6.20. The van der Waals surface area contributed by atoms with E-state index in [0.717, 1.165) is 29.1 Å². The van der Waals surface area contributed by atoms with Gasteiger partial charge in [-0.15, -0.1) is 0 Å². The van der Waals surface area contributed by atoms with Crippen molar-refractivity contribution in [2.75, 3.05) is 35.2 Å². The van der Waals surface area contributed by atoms with Gasteiger partial charge in [0.1, 0.15) is 6.42 Å². The number of piperidine rings is 1. The minimum Gasteiger partial charge on any atom is -0.296 e. The fraction of sp³-hybridized carbons (Fsp3) is 0.429. The van der Waals surface area contributed by atoms with Crippen LogP contribution in [0.25, 0.3) is 0 Å². The number of carbonyl (C=O) groups excluding carboxylic acids is 12. The highest BCUT2D eigenvalue weighted by Gasteiger charge is 2.31. The topological polar surface area (TPSA) is 233 Å². The maximum absolute atomic E-state index is 11.3. The van der Waals surface area contributed by atoms with Crippen LogP contribution in [-0.2, 0) is 47.9 Å². The average Bonchev–Trinajstić information content (AvgIpc) is 3.63. The maximum atomic E-state index is 11.3. The van der Waals surface area contributed by atoms with Crippen LogP contribution in [0.2, 0.25) is 0 Å². The van der Waals surface area contributed by atoms with Crippen molar-refractivity contribution in [1.29, 1.82) is 0 Å². The van der Waals surface area contributed by atoms with Crippen LogP contribution < -0.4 is 5.32 Å². The minimum atomic E-state index is -0.241. The Kier molecular flexibility index (Phi) is 16.2.